The summed E-state index contributed by atoms with van der Waals surface area (Å²) in [6.07, 6.45) is 3.44. The van der Waals surface area contributed by atoms with Gasteiger partial charge in [0.05, 0.1) is 6.54 Å². The van der Waals surface area contributed by atoms with Crippen molar-refractivity contribution in [3.8, 4) is 0 Å². The van der Waals surface area contributed by atoms with Crippen LogP contribution in [0.3, 0.4) is 0 Å². The molecule has 1 aliphatic rings. The van der Waals surface area contributed by atoms with Crippen LogP contribution in [0, 0.1) is 13.8 Å². The van der Waals surface area contributed by atoms with Crippen LogP contribution in [0.5, 0.6) is 0 Å². The highest BCUT2D eigenvalue weighted by atomic mass is 16.2. The van der Waals surface area contributed by atoms with Crippen molar-refractivity contribution in [1.82, 2.24) is 5.32 Å². The number of amides is 1. The van der Waals surface area contributed by atoms with E-state index in [1.54, 1.807) is 0 Å². The Morgan fingerprint density at radius 1 is 1.04 bits per heavy atom. The molecule has 0 saturated heterocycles. The molecule has 3 heteroatoms. The molecular weight excluding hydrogens is 296 g/mol. The molecular formula is C21H26N2O. The molecule has 1 aliphatic heterocycles. The molecule has 1 amide bonds. The highest BCUT2D eigenvalue weighted by Crippen LogP contribution is 2.25. The summed E-state index contributed by atoms with van der Waals surface area (Å²) >= 11 is 0. The minimum absolute atomic E-state index is 0.0920. The lowest BCUT2D eigenvalue weighted by molar-refractivity contribution is -0.119. The summed E-state index contributed by atoms with van der Waals surface area (Å²) in [6.45, 7) is 6.18. The number of benzene rings is 2. The van der Waals surface area contributed by atoms with Gasteiger partial charge in [0, 0.05) is 18.8 Å². The number of rotatable bonds is 4. The van der Waals surface area contributed by atoms with Crippen LogP contribution >= 0.6 is 0 Å². The lowest BCUT2D eigenvalue weighted by Crippen LogP contribution is -2.37. The number of nitrogens with zero attached hydrogens (tertiary/aromatic N) is 1. The van der Waals surface area contributed by atoms with Crippen LogP contribution in [-0.4, -0.2) is 19.0 Å². The first-order valence-corrected chi connectivity index (χ1v) is 8.80. The molecule has 2 aromatic carbocycles. The lowest BCUT2D eigenvalue weighted by Gasteiger charge is -2.24. The average Bonchev–Trinajstić information content (AvgIpc) is 2.77. The standard InChI is InChI=1S/C21H26N2O/c1-16-8-7-9-17(2)19(16)14-22-21(24)15-23-13-6-5-11-18-10-3-4-12-20(18)23/h3-4,7-10,12H,5-6,11,13-15H2,1-2H3,(H,22,24). The minimum atomic E-state index is 0.0920. The highest BCUT2D eigenvalue weighted by molar-refractivity contribution is 5.81. The third-order valence-electron chi connectivity index (χ3n) is 4.90. The number of aryl methyl sites for hydroxylation is 3. The Labute approximate surface area is 144 Å². The van der Waals surface area contributed by atoms with Crippen molar-refractivity contribution in [2.24, 2.45) is 0 Å². The van der Waals surface area contributed by atoms with Gasteiger partial charge >= 0.3 is 0 Å². The number of fused-ring (bicyclic) bond motifs is 1. The summed E-state index contributed by atoms with van der Waals surface area (Å²) in [7, 11) is 0. The van der Waals surface area contributed by atoms with Crippen LogP contribution in [0.25, 0.3) is 0 Å². The molecule has 0 fully saturated rings. The molecule has 0 aliphatic carbocycles. The fraction of sp³-hybridized carbons (Fsp3) is 0.381. The maximum atomic E-state index is 12.5. The minimum Gasteiger partial charge on any atom is -0.362 e. The topological polar surface area (TPSA) is 32.3 Å². The van der Waals surface area contributed by atoms with Crippen molar-refractivity contribution in [1.29, 1.82) is 0 Å². The van der Waals surface area contributed by atoms with Crippen LogP contribution in [-0.2, 0) is 17.8 Å². The van der Waals surface area contributed by atoms with Crippen LogP contribution in [0.15, 0.2) is 42.5 Å². The Kier molecular flexibility index (Phi) is 5.19. The van der Waals surface area contributed by atoms with Gasteiger partial charge in [-0.15, -0.1) is 0 Å². The fourth-order valence-electron chi connectivity index (χ4n) is 3.48. The van der Waals surface area contributed by atoms with Gasteiger partial charge in [0.25, 0.3) is 0 Å². The van der Waals surface area contributed by atoms with Gasteiger partial charge in [-0.3, -0.25) is 4.79 Å². The zero-order chi connectivity index (χ0) is 16.9. The van der Waals surface area contributed by atoms with Crippen LogP contribution < -0.4 is 10.2 Å². The predicted molar refractivity (Wildman–Crippen MR) is 99.4 cm³/mol. The van der Waals surface area contributed by atoms with Gasteiger partial charge in [0.15, 0.2) is 0 Å². The fourth-order valence-corrected chi connectivity index (χ4v) is 3.48. The largest absolute Gasteiger partial charge is 0.362 e. The van der Waals surface area contributed by atoms with Gasteiger partial charge in [-0.2, -0.15) is 0 Å². The van der Waals surface area contributed by atoms with E-state index in [0.29, 0.717) is 13.1 Å². The van der Waals surface area contributed by atoms with Crippen molar-refractivity contribution >= 4 is 11.6 Å². The third kappa shape index (κ3) is 3.78. The molecule has 0 spiro atoms. The second kappa shape index (κ2) is 7.52. The SMILES string of the molecule is Cc1cccc(C)c1CNC(=O)CN1CCCCc2ccccc21. The molecule has 3 nitrogen and oxygen atoms in total. The first-order chi connectivity index (χ1) is 11.6. The van der Waals surface area contributed by atoms with Crippen LogP contribution in [0.1, 0.15) is 35.1 Å². The number of hydrogen-bond donors (Lipinski definition) is 1. The highest BCUT2D eigenvalue weighted by Gasteiger charge is 2.17. The van der Waals surface area contributed by atoms with Crippen LogP contribution in [0.4, 0.5) is 5.69 Å². The summed E-state index contributed by atoms with van der Waals surface area (Å²) in [5.74, 6) is 0.0920. The molecule has 0 unspecified atom stereocenters. The molecule has 1 heterocycles. The van der Waals surface area contributed by atoms with Crippen molar-refractivity contribution in [3.05, 3.63) is 64.7 Å². The molecule has 0 saturated carbocycles. The van der Waals surface area contributed by atoms with Gasteiger partial charge in [0.1, 0.15) is 0 Å². The quantitative estimate of drug-likeness (QED) is 0.929. The van der Waals surface area contributed by atoms with Gasteiger partial charge in [-0.25, -0.2) is 0 Å². The second-order valence-corrected chi connectivity index (χ2v) is 6.65. The molecule has 3 rings (SSSR count). The van der Waals surface area contributed by atoms with E-state index in [1.165, 1.54) is 34.4 Å². The summed E-state index contributed by atoms with van der Waals surface area (Å²) in [5, 5.41) is 3.10. The molecule has 24 heavy (non-hydrogen) atoms. The van der Waals surface area contributed by atoms with Crippen molar-refractivity contribution in [2.45, 2.75) is 39.7 Å². The zero-order valence-electron chi connectivity index (χ0n) is 14.6. The Bertz CT molecular complexity index is 703. The Balaban J connectivity index is 1.65. The molecule has 2 aromatic rings. The number of nitrogens with one attached hydrogen (secondary N) is 1. The normalized spacial score (nSPS) is 14.0. The number of hydrogen-bond acceptors (Lipinski definition) is 2. The molecule has 0 atom stereocenters. The number of para-hydroxylation sites is 1. The molecule has 1 N–H and O–H groups in total. The third-order valence-corrected chi connectivity index (χ3v) is 4.90. The van der Waals surface area contributed by atoms with Gasteiger partial charge in [-0.1, -0.05) is 36.4 Å². The zero-order valence-corrected chi connectivity index (χ0v) is 14.6. The Hall–Kier alpha value is -2.29. The lowest BCUT2D eigenvalue weighted by atomic mass is 10.0. The van der Waals surface area contributed by atoms with E-state index >= 15 is 0 Å². The molecule has 0 radical (unpaired) electrons. The summed E-state index contributed by atoms with van der Waals surface area (Å²) < 4.78 is 0. The van der Waals surface area contributed by atoms with E-state index in [4.69, 9.17) is 0 Å². The second-order valence-electron chi connectivity index (χ2n) is 6.65. The van der Waals surface area contributed by atoms with Gasteiger partial charge < -0.3 is 10.2 Å². The summed E-state index contributed by atoms with van der Waals surface area (Å²) in [4.78, 5) is 14.7. The van der Waals surface area contributed by atoms with E-state index in [9.17, 15) is 4.79 Å². The maximum Gasteiger partial charge on any atom is 0.239 e. The number of anilines is 1. The number of carbonyl (C=O) groups excluding carboxylic acids is 1. The molecule has 126 valence electrons. The summed E-state index contributed by atoms with van der Waals surface area (Å²) in [6, 6.07) is 14.7. The van der Waals surface area contributed by atoms with E-state index in [0.717, 1.165) is 19.4 Å². The van der Waals surface area contributed by atoms with Crippen molar-refractivity contribution in [3.63, 3.8) is 0 Å². The summed E-state index contributed by atoms with van der Waals surface area (Å²) in [5.41, 5.74) is 6.27. The van der Waals surface area contributed by atoms with E-state index in [2.05, 4.69) is 66.5 Å². The van der Waals surface area contributed by atoms with Crippen molar-refractivity contribution < 1.29 is 4.79 Å². The van der Waals surface area contributed by atoms with E-state index in [1.807, 2.05) is 0 Å². The molecule has 0 aromatic heterocycles. The van der Waals surface area contributed by atoms with E-state index in [-0.39, 0.29) is 5.91 Å². The first kappa shape index (κ1) is 16.6. The van der Waals surface area contributed by atoms with E-state index < -0.39 is 0 Å². The first-order valence-electron chi connectivity index (χ1n) is 8.80. The maximum absolute atomic E-state index is 12.5. The van der Waals surface area contributed by atoms with Crippen LogP contribution in [0.2, 0.25) is 0 Å². The smallest absolute Gasteiger partial charge is 0.239 e. The number of carbonyl (C=O) groups is 1. The predicted octanol–water partition coefficient (Wildman–Crippen LogP) is 3.76. The van der Waals surface area contributed by atoms with Gasteiger partial charge in [-0.05, 0) is 61.4 Å². The Morgan fingerprint density at radius 2 is 1.79 bits per heavy atom. The Morgan fingerprint density at radius 3 is 2.58 bits per heavy atom. The van der Waals surface area contributed by atoms with Crippen molar-refractivity contribution in [2.75, 3.05) is 18.0 Å². The monoisotopic (exact) mass is 322 g/mol. The average molecular weight is 322 g/mol. The van der Waals surface area contributed by atoms with Gasteiger partial charge in [0.2, 0.25) is 5.91 Å². The molecule has 0 bridgehead atoms.